The second-order valence-electron chi connectivity index (χ2n) is 5.21. The highest BCUT2D eigenvalue weighted by Gasteiger charge is 2.25. The van der Waals surface area contributed by atoms with E-state index in [9.17, 15) is 10.0 Å². The van der Waals surface area contributed by atoms with Crippen LogP contribution in [0, 0.1) is 0 Å². The Labute approximate surface area is 111 Å². The molecule has 2 aromatic carbocycles. The monoisotopic (exact) mass is 248 g/mol. The van der Waals surface area contributed by atoms with E-state index in [1.165, 1.54) is 21.9 Å². The molecule has 2 aliphatic carbocycles. The van der Waals surface area contributed by atoms with Crippen LogP contribution in [0.15, 0.2) is 36.4 Å². The van der Waals surface area contributed by atoms with Crippen LogP contribution in [0.3, 0.4) is 0 Å². The van der Waals surface area contributed by atoms with Gasteiger partial charge in [-0.15, -0.1) is 0 Å². The van der Waals surface area contributed by atoms with Gasteiger partial charge in [-0.1, -0.05) is 48.6 Å². The topological polar surface area (TPSA) is 40.5 Å². The molecule has 4 rings (SSSR count). The van der Waals surface area contributed by atoms with E-state index in [1.807, 2.05) is 12.1 Å². The van der Waals surface area contributed by atoms with E-state index in [0.717, 1.165) is 12.0 Å². The molecule has 0 aromatic heterocycles. The first-order valence-electron chi connectivity index (χ1n) is 6.56. The normalized spacial score (nSPS) is 18.9. The van der Waals surface area contributed by atoms with Crippen molar-refractivity contribution in [1.82, 2.24) is 0 Å². The molecule has 2 nitrogen and oxygen atoms in total. The molecule has 1 unspecified atom stereocenters. The summed E-state index contributed by atoms with van der Waals surface area (Å²) < 4.78 is 0. The molecular formula is C16H13BO2. The van der Waals surface area contributed by atoms with E-state index in [0.29, 0.717) is 11.4 Å². The van der Waals surface area contributed by atoms with Gasteiger partial charge in [-0.2, -0.15) is 0 Å². The smallest absolute Gasteiger partial charge is 0.423 e. The third-order valence-electron chi connectivity index (χ3n) is 4.17. The molecule has 0 heterocycles. The summed E-state index contributed by atoms with van der Waals surface area (Å²) in [5, 5.41) is 21.4. The van der Waals surface area contributed by atoms with Gasteiger partial charge >= 0.3 is 7.12 Å². The summed E-state index contributed by atoms with van der Waals surface area (Å²) in [6, 6.07) is 8.04. The van der Waals surface area contributed by atoms with Crippen molar-refractivity contribution in [3.8, 4) is 0 Å². The van der Waals surface area contributed by atoms with E-state index in [1.54, 1.807) is 6.07 Å². The zero-order valence-corrected chi connectivity index (χ0v) is 10.4. The highest BCUT2D eigenvalue weighted by molar-refractivity contribution is 6.60. The van der Waals surface area contributed by atoms with Crippen LogP contribution in [-0.4, -0.2) is 17.2 Å². The van der Waals surface area contributed by atoms with Crippen LogP contribution in [0.4, 0.5) is 0 Å². The van der Waals surface area contributed by atoms with Gasteiger partial charge in [0.15, 0.2) is 0 Å². The molecule has 19 heavy (non-hydrogen) atoms. The van der Waals surface area contributed by atoms with Crippen molar-refractivity contribution >= 4 is 35.5 Å². The van der Waals surface area contributed by atoms with Gasteiger partial charge in [0, 0.05) is 5.92 Å². The van der Waals surface area contributed by atoms with Crippen LogP contribution in [0.25, 0.3) is 22.9 Å². The lowest BCUT2D eigenvalue weighted by molar-refractivity contribution is 0.426. The molecule has 0 radical (unpaired) electrons. The summed E-state index contributed by atoms with van der Waals surface area (Å²) in [6.45, 7) is 0. The van der Waals surface area contributed by atoms with Gasteiger partial charge in [0.2, 0.25) is 0 Å². The standard InChI is InChI=1S/C16H13BO2/c18-17(19)14-9-7-12-5-4-10-2-1-3-11-6-8-13(14)16(12)15(10)11/h1-2,4-9,11,18-19H,3H2. The first-order valence-corrected chi connectivity index (χ1v) is 6.56. The number of allylic oxidation sites excluding steroid dienone is 2. The average molecular weight is 248 g/mol. The number of hydrogen-bond acceptors (Lipinski definition) is 2. The fourth-order valence-electron chi connectivity index (χ4n) is 3.30. The van der Waals surface area contributed by atoms with Gasteiger partial charge in [0.1, 0.15) is 0 Å². The molecule has 0 fully saturated rings. The Morgan fingerprint density at radius 2 is 1.89 bits per heavy atom. The molecule has 0 saturated heterocycles. The molecule has 0 amide bonds. The lowest BCUT2D eigenvalue weighted by Crippen LogP contribution is -2.32. The number of rotatable bonds is 1. The largest absolute Gasteiger partial charge is 0.489 e. The number of hydrogen-bond donors (Lipinski definition) is 2. The third-order valence-corrected chi connectivity index (χ3v) is 4.17. The fraction of sp³-hybridized carbons (Fsp3) is 0.125. The summed E-state index contributed by atoms with van der Waals surface area (Å²) in [7, 11) is -1.42. The molecule has 0 bridgehead atoms. The maximum absolute atomic E-state index is 9.52. The quantitative estimate of drug-likeness (QED) is 0.758. The second kappa shape index (κ2) is 3.83. The Bertz CT molecular complexity index is 744. The van der Waals surface area contributed by atoms with Crippen LogP contribution in [0.1, 0.15) is 29.0 Å². The minimum absolute atomic E-state index is 0.419. The lowest BCUT2D eigenvalue weighted by Gasteiger charge is -2.26. The zero-order chi connectivity index (χ0) is 13.0. The van der Waals surface area contributed by atoms with Crippen molar-refractivity contribution in [2.24, 2.45) is 0 Å². The summed E-state index contributed by atoms with van der Waals surface area (Å²) in [4.78, 5) is 0. The molecule has 1 atom stereocenters. The minimum Gasteiger partial charge on any atom is -0.423 e. The SMILES string of the molecule is OB(O)c1ccc2ccc3c4c2c1C=CC4CC=C3. The van der Waals surface area contributed by atoms with Gasteiger partial charge in [-0.05, 0) is 39.3 Å². The van der Waals surface area contributed by atoms with Gasteiger partial charge in [0.05, 0.1) is 0 Å². The Hall–Kier alpha value is -1.84. The van der Waals surface area contributed by atoms with E-state index in [4.69, 9.17) is 0 Å². The summed E-state index contributed by atoms with van der Waals surface area (Å²) in [5.41, 5.74) is 4.12. The van der Waals surface area contributed by atoms with Crippen molar-refractivity contribution in [3.63, 3.8) is 0 Å². The van der Waals surface area contributed by atoms with Crippen molar-refractivity contribution in [2.45, 2.75) is 12.3 Å². The van der Waals surface area contributed by atoms with Gasteiger partial charge in [-0.3, -0.25) is 0 Å². The third kappa shape index (κ3) is 1.46. The highest BCUT2D eigenvalue weighted by Crippen LogP contribution is 2.41. The van der Waals surface area contributed by atoms with Gasteiger partial charge < -0.3 is 10.0 Å². The molecule has 2 aromatic rings. The Morgan fingerprint density at radius 3 is 2.74 bits per heavy atom. The van der Waals surface area contributed by atoms with E-state index >= 15 is 0 Å². The first kappa shape index (κ1) is 11.0. The molecular weight excluding hydrogens is 235 g/mol. The van der Waals surface area contributed by atoms with Crippen molar-refractivity contribution in [2.75, 3.05) is 0 Å². The predicted molar refractivity (Wildman–Crippen MR) is 79.2 cm³/mol. The predicted octanol–water partition coefficient (Wildman–Crippen LogP) is 2.05. The van der Waals surface area contributed by atoms with Gasteiger partial charge in [0.25, 0.3) is 0 Å². The molecule has 2 aliphatic rings. The lowest BCUT2D eigenvalue weighted by atomic mass is 9.71. The van der Waals surface area contributed by atoms with Crippen LogP contribution in [0.2, 0.25) is 0 Å². The van der Waals surface area contributed by atoms with E-state index in [-0.39, 0.29) is 0 Å². The molecule has 0 spiro atoms. The van der Waals surface area contributed by atoms with Crippen LogP contribution in [-0.2, 0) is 0 Å². The zero-order valence-electron chi connectivity index (χ0n) is 10.4. The Balaban J connectivity index is 2.17. The molecule has 0 aliphatic heterocycles. The van der Waals surface area contributed by atoms with Crippen molar-refractivity contribution < 1.29 is 10.0 Å². The number of benzene rings is 2. The minimum atomic E-state index is -1.42. The molecule has 2 N–H and O–H groups in total. The van der Waals surface area contributed by atoms with Crippen molar-refractivity contribution in [3.05, 3.63) is 53.1 Å². The Morgan fingerprint density at radius 1 is 1.05 bits per heavy atom. The molecule has 0 saturated carbocycles. The average Bonchev–Trinajstić information content (AvgIpc) is 2.44. The maximum atomic E-state index is 9.52. The molecule has 92 valence electrons. The van der Waals surface area contributed by atoms with Crippen LogP contribution >= 0.6 is 0 Å². The Kier molecular flexibility index (Phi) is 2.22. The van der Waals surface area contributed by atoms with Crippen LogP contribution < -0.4 is 5.46 Å². The van der Waals surface area contributed by atoms with Crippen LogP contribution in [0.5, 0.6) is 0 Å². The van der Waals surface area contributed by atoms with E-state index in [2.05, 4.69) is 30.4 Å². The fourth-order valence-corrected chi connectivity index (χ4v) is 3.30. The summed E-state index contributed by atoms with van der Waals surface area (Å²) in [5.74, 6) is 0.419. The van der Waals surface area contributed by atoms with Crippen molar-refractivity contribution in [1.29, 1.82) is 0 Å². The van der Waals surface area contributed by atoms with E-state index < -0.39 is 7.12 Å². The highest BCUT2D eigenvalue weighted by atomic mass is 16.4. The second-order valence-corrected chi connectivity index (χ2v) is 5.21. The first-order chi connectivity index (χ1) is 9.25. The maximum Gasteiger partial charge on any atom is 0.489 e. The summed E-state index contributed by atoms with van der Waals surface area (Å²) >= 11 is 0. The molecule has 3 heteroatoms. The summed E-state index contributed by atoms with van der Waals surface area (Å²) in [6.07, 6.45) is 9.61. The van der Waals surface area contributed by atoms with Gasteiger partial charge in [-0.25, -0.2) is 0 Å².